The van der Waals surface area contributed by atoms with Gasteiger partial charge in [0.05, 0.1) is 6.10 Å². The summed E-state index contributed by atoms with van der Waals surface area (Å²) >= 11 is 0. The van der Waals surface area contributed by atoms with Crippen molar-refractivity contribution in [2.45, 2.75) is 45.8 Å². The fraction of sp³-hybridized carbons (Fsp3) is 0.619. The average Bonchev–Trinajstić information content (AvgIpc) is 3.04. The normalized spacial score (nSPS) is 18.8. The van der Waals surface area contributed by atoms with E-state index in [-0.39, 0.29) is 12.0 Å². The van der Waals surface area contributed by atoms with E-state index in [2.05, 4.69) is 4.90 Å². The SMILES string of the molecule is CC(=O)N1CCc2cc([C@H](O)CN3CCN(C(=O)OC(C)(C)C)CC3)ccc21. The molecule has 3 rings (SSSR count). The number of benzene rings is 1. The van der Waals surface area contributed by atoms with Crippen molar-refractivity contribution in [2.75, 3.05) is 44.2 Å². The molecule has 0 aliphatic carbocycles. The van der Waals surface area contributed by atoms with E-state index in [4.69, 9.17) is 4.74 Å². The number of anilines is 1. The first-order chi connectivity index (χ1) is 13.1. The largest absolute Gasteiger partial charge is 0.444 e. The summed E-state index contributed by atoms with van der Waals surface area (Å²) in [5.74, 6) is 0.0508. The quantitative estimate of drug-likeness (QED) is 0.858. The molecule has 154 valence electrons. The Labute approximate surface area is 166 Å². The molecule has 1 aromatic rings. The van der Waals surface area contributed by atoms with Crippen molar-refractivity contribution in [3.8, 4) is 0 Å². The van der Waals surface area contributed by atoms with Crippen molar-refractivity contribution in [3.05, 3.63) is 29.3 Å². The van der Waals surface area contributed by atoms with Gasteiger partial charge in [0.25, 0.3) is 0 Å². The van der Waals surface area contributed by atoms with Gasteiger partial charge >= 0.3 is 6.09 Å². The fourth-order valence-corrected chi connectivity index (χ4v) is 3.75. The van der Waals surface area contributed by atoms with E-state index < -0.39 is 11.7 Å². The molecule has 0 bridgehead atoms. The van der Waals surface area contributed by atoms with Crippen molar-refractivity contribution in [1.82, 2.24) is 9.80 Å². The van der Waals surface area contributed by atoms with Gasteiger partial charge in [-0.25, -0.2) is 4.79 Å². The average molecular weight is 389 g/mol. The predicted octanol–water partition coefficient (Wildman–Crippen LogP) is 2.18. The summed E-state index contributed by atoms with van der Waals surface area (Å²) in [6, 6.07) is 5.85. The van der Waals surface area contributed by atoms with Crippen LogP contribution in [0.2, 0.25) is 0 Å². The molecule has 2 aliphatic rings. The molecule has 1 aromatic carbocycles. The molecule has 1 atom stereocenters. The van der Waals surface area contributed by atoms with Gasteiger partial charge in [-0.3, -0.25) is 9.69 Å². The molecule has 0 spiro atoms. The Bertz CT molecular complexity index is 736. The summed E-state index contributed by atoms with van der Waals surface area (Å²) in [5, 5.41) is 10.7. The number of hydrogen-bond donors (Lipinski definition) is 1. The molecule has 1 N–H and O–H groups in total. The molecular formula is C21H31N3O4. The van der Waals surface area contributed by atoms with Crippen molar-refractivity contribution < 1.29 is 19.4 Å². The Kier molecular flexibility index (Phi) is 5.95. The molecule has 2 aliphatic heterocycles. The number of ether oxygens (including phenoxy) is 1. The van der Waals surface area contributed by atoms with Gasteiger partial charge in [-0.1, -0.05) is 12.1 Å². The third-order valence-corrected chi connectivity index (χ3v) is 5.22. The van der Waals surface area contributed by atoms with Crippen LogP contribution in [0.5, 0.6) is 0 Å². The number of aliphatic hydroxyl groups excluding tert-OH is 1. The van der Waals surface area contributed by atoms with Crippen LogP contribution in [0.3, 0.4) is 0 Å². The fourth-order valence-electron chi connectivity index (χ4n) is 3.75. The van der Waals surface area contributed by atoms with Crippen LogP contribution in [0.4, 0.5) is 10.5 Å². The highest BCUT2D eigenvalue weighted by molar-refractivity contribution is 5.93. The third kappa shape index (κ3) is 4.83. The molecule has 1 saturated heterocycles. The van der Waals surface area contributed by atoms with Gasteiger partial charge in [-0.05, 0) is 44.4 Å². The smallest absolute Gasteiger partial charge is 0.410 e. The number of nitrogens with zero attached hydrogens (tertiary/aromatic N) is 3. The van der Waals surface area contributed by atoms with Crippen LogP contribution in [-0.4, -0.2) is 71.8 Å². The van der Waals surface area contributed by atoms with Gasteiger partial charge in [0.2, 0.25) is 5.91 Å². The van der Waals surface area contributed by atoms with Crippen molar-refractivity contribution >= 4 is 17.7 Å². The standard InChI is InChI=1S/C21H31N3O4/c1-15(25)24-8-7-16-13-17(5-6-18(16)24)19(26)14-22-9-11-23(12-10-22)20(27)28-21(2,3)4/h5-6,13,19,26H,7-12,14H2,1-4H3/t19-/m1/s1. The summed E-state index contributed by atoms with van der Waals surface area (Å²) in [6.07, 6.45) is -0.0459. The zero-order chi connectivity index (χ0) is 20.5. The van der Waals surface area contributed by atoms with Crippen molar-refractivity contribution in [1.29, 1.82) is 0 Å². The van der Waals surface area contributed by atoms with E-state index in [0.29, 0.717) is 39.3 Å². The van der Waals surface area contributed by atoms with Crippen molar-refractivity contribution in [3.63, 3.8) is 0 Å². The first kappa shape index (κ1) is 20.6. The van der Waals surface area contributed by atoms with Crippen LogP contribution in [-0.2, 0) is 16.0 Å². The second kappa shape index (κ2) is 8.09. The summed E-state index contributed by atoms with van der Waals surface area (Å²) < 4.78 is 5.42. The number of fused-ring (bicyclic) bond motifs is 1. The first-order valence-corrected chi connectivity index (χ1v) is 9.93. The summed E-state index contributed by atoms with van der Waals surface area (Å²) in [4.78, 5) is 29.5. The zero-order valence-electron chi connectivity index (χ0n) is 17.3. The Morgan fingerprint density at radius 2 is 1.82 bits per heavy atom. The zero-order valence-corrected chi connectivity index (χ0v) is 17.3. The lowest BCUT2D eigenvalue weighted by Crippen LogP contribution is -2.50. The molecular weight excluding hydrogens is 358 g/mol. The van der Waals surface area contributed by atoms with Gasteiger partial charge in [-0.2, -0.15) is 0 Å². The minimum atomic E-state index is -0.593. The number of rotatable bonds is 3. The molecule has 0 radical (unpaired) electrons. The number of aliphatic hydroxyl groups is 1. The molecule has 0 unspecified atom stereocenters. The maximum absolute atomic E-state index is 12.2. The van der Waals surface area contributed by atoms with Crippen molar-refractivity contribution in [2.24, 2.45) is 0 Å². The molecule has 7 nitrogen and oxygen atoms in total. The lowest BCUT2D eigenvalue weighted by molar-refractivity contribution is -0.116. The topological polar surface area (TPSA) is 73.3 Å². The Balaban J connectivity index is 1.53. The van der Waals surface area contributed by atoms with Crippen LogP contribution >= 0.6 is 0 Å². The van der Waals surface area contributed by atoms with E-state index in [1.165, 1.54) is 0 Å². The van der Waals surface area contributed by atoms with Crippen LogP contribution in [0.15, 0.2) is 18.2 Å². The highest BCUT2D eigenvalue weighted by Gasteiger charge is 2.27. The van der Waals surface area contributed by atoms with Crippen LogP contribution in [0.25, 0.3) is 0 Å². The Morgan fingerprint density at radius 1 is 1.14 bits per heavy atom. The molecule has 0 saturated carbocycles. The highest BCUT2D eigenvalue weighted by Crippen LogP contribution is 2.31. The molecule has 7 heteroatoms. The van der Waals surface area contributed by atoms with E-state index >= 15 is 0 Å². The minimum absolute atomic E-state index is 0.0508. The summed E-state index contributed by atoms with van der Waals surface area (Å²) in [6.45, 7) is 11.0. The number of hydrogen-bond acceptors (Lipinski definition) is 5. The number of carbonyl (C=O) groups is 2. The molecule has 1 fully saturated rings. The van der Waals surface area contributed by atoms with E-state index in [1.54, 1.807) is 16.7 Å². The van der Waals surface area contributed by atoms with E-state index in [9.17, 15) is 14.7 Å². The predicted molar refractivity (Wildman–Crippen MR) is 107 cm³/mol. The molecule has 2 amide bonds. The lowest BCUT2D eigenvalue weighted by atomic mass is 10.0. The van der Waals surface area contributed by atoms with Crippen LogP contribution in [0.1, 0.15) is 44.9 Å². The van der Waals surface area contributed by atoms with Gasteiger partial charge in [-0.15, -0.1) is 0 Å². The lowest BCUT2D eigenvalue weighted by Gasteiger charge is -2.36. The number of piperazine rings is 1. The number of amides is 2. The summed E-state index contributed by atoms with van der Waals surface area (Å²) in [7, 11) is 0. The molecule has 28 heavy (non-hydrogen) atoms. The second-order valence-corrected chi connectivity index (χ2v) is 8.59. The third-order valence-electron chi connectivity index (χ3n) is 5.22. The maximum Gasteiger partial charge on any atom is 0.410 e. The summed E-state index contributed by atoms with van der Waals surface area (Å²) in [5.41, 5.74) is 2.45. The van der Waals surface area contributed by atoms with E-state index in [0.717, 1.165) is 23.2 Å². The molecule has 2 heterocycles. The number of carbonyl (C=O) groups excluding carboxylic acids is 2. The van der Waals surface area contributed by atoms with Crippen LogP contribution in [0, 0.1) is 0 Å². The van der Waals surface area contributed by atoms with Gasteiger partial charge in [0.1, 0.15) is 5.60 Å². The number of β-amino-alcohol motifs (C(OH)–C–C–N with tert-alkyl or cyclic N) is 1. The highest BCUT2D eigenvalue weighted by atomic mass is 16.6. The van der Waals surface area contributed by atoms with Gasteiger partial charge in [0, 0.05) is 51.9 Å². The van der Waals surface area contributed by atoms with Crippen LogP contribution < -0.4 is 4.90 Å². The Morgan fingerprint density at radius 3 is 2.43 bits per heavy atom. The maximum atomic E-state index is 12.2. The van der Waals surface area contributed by atoms with E-state index in [1.807, 2.05) is 39.0 Å². The first-order valence-electron chi connectivity index (χ1n) is 9.93. The minimum Gasteiger partial charge on any atom is -0.444 e. The van der Waals surface area contributed by atoms with Gasteiger partial charge < -0.3 is 19.6 Å². The molecule has 0 aromatic heterocycles. The second-order valence-electron chi connectivity index (χ2n) is 8.59. The Hall–Kier alpha value is -2.12. The monoisotopic (exact) mass is 389 g/mol. The van der Waals surface area contributed by atoms with Gasteiger partial charge in [0.15, 0.2) is 0 Å².